The molecule has 0 aromatic heterocycles. The third kappa shape index (κ3) is 5.70. The third-order valence-electron chi connectivity index (χ3n) is 3.02. The van der Waals surface area contributed by atoms with Crippen molar-refractivity contribution in [1.82, 2.24) is 0 Å². The normalized spacial score (nSPS) is 18.1. The van der Waals surface area contributed by atoms with E-state index in [9.17, 15) is 44.7 Å². The van der Waals surface area contributed by atoms with Gasteiger partial charge >= 0.3 is 24.3 Å². The molecule has 2 atom stereocenters. The maximum absolute atomic E-state index is 13.3. The Morgan fingerprint density at radius 2 is 0.880 bits per heavy atom. The molecule has 0 amide bonds. The van der Waals surface area contributed by atoms with E-state index in [0.717, 1.165) is 13.8 Å². The quantitative estimate of drug-likeness (QED) is 0.515. The fourth-order valence-corrected chi connectivity index (χ4v) is 1.07. The van der Waals surface area contributed by atoms with Crippen LogP contribution in [0.25, 0.3) is 0 Å². The largest absolute Gasteiger partial charge is 0.462 e. The lowest BCUT2D eigenvalue weighted by atomic mass is 9.96. The summed E-state index contributed by atoms with van der Waals surface area (Å²) in [6, 6.07) is 0. The highest BCUT2D eigenvalue weighted by Gasteiger charge is 2.60. The van der Waals surface area contributed by atoms with Gasteiger partial charge in [-0.25, -0.2) is 18.4 Å². The first-order chi connectivity index (χ1) is 10.8. The molecule has 0 N–H and O–H groups in total. The summed E-state index contributed by atoms with van der Waals surface area (Å²) >= 11 is 0. The minimum atomic E-state index is -5.54. The average molecular weight is 388 g/mol. The highest BCUT2D eigenvalue weighted by Crippen LogP contribution is 2.36. The van der Waals surface area contributed by atoms with Gasteiger partial charge in [-0.05, 0) is 13.8 Å². The van der Waals surface area contributed by atoms with Crippen LogP contribution in [0.5, 0.6) is 0 Å². The first-order valence-electron chi connectivity index (χ1n) is 6.61. The van der Waals surface area contributed by atoms with Crippen LogP contribution in [0.4, 0.5) is 35.1 Å². The number of carbonyl (C=O) groups is 2. The SMILES string of the molecule is CC(C)(COC(=O)C(C)(F)C(F)(F)F)COC(=O)C(C)(F)C(F)(F)F. The second kappa shape index (κ2) is 6.94. The molecule has 0 radical (unpaired) electrons. The van der Waals surface area contributed by atoms with E-state index in [1.54, 1.807) is 0 Å². The molecule has 12 heteroatoms. The van der Waals surface area contributed by atoms with Crippen molar-refractivity contribution in [2.45, 2.75) is 51.4 Å². The van der Waals surface area contributed by atoms with Crippen molar-refractivity contribution in [2.75, 3.05) is 13.2 Å². The summed E-state index contributed by atoms with van der Waals surface area (Å²) < 4.78 is 109. The first-order valence-corrected chi connectivity index (χ1v) is 6.61. The van der Waals surface area contributed by atoms with Gasteiger partial charge in [-0.15, -0.1) is 0 Å². The average Bonchev–Trinajstić information content (AvgIpc) is 2.39. The van der Waals surface area contributed by atoms with Crippen molar-refractivity contribution in [2.24, 2.45) is 5.41 Å². The van der Waals surface area contributed by atoms with Crippen LogP contribution in [0.1, 0.15) is 27.7 Å². The Morgan fingerprint density at radius 1 is 0.640 bits per heavy atom. The van der Waals surface area contributed by atoms with E-state index in [0.29, 0.717) is 0 Å². The Morgan fingerprint density at radius 3 is 1.08 bits per heavy atom. The summed E-state index contributed by atoms with van der Waals surface area (Å²) in [5.74, 6) is -4.55. The van der Waals surface area contributed by atoms with Crippen molar-refractivity contribution >= 4 is 11.9 Å². The molecule has 0 fully saturated rings. The maximum Gasteiger partial charge on any atom is 0.433 e. The lowest BCUT2D eigenvalue weighted by molar-refractivity contribution is -0.237. The number of carbonyl (C=O) groups excluding carboxylic acids is 2. The molecule has 2 unspecified atom stereocenters. The first kappa shape index (κ1) is 23.4. The van der Waals surface area contributed by atoms with Crippen LogP contribution in [0.2, 0.25) is 0 Å². The van der Waals surface area contributed by atoms with E-state index in [-0.39, 0.29) is 13.8 Å². The van der Waals surface area contributed by atoms with Crippen LogP contribution in [0.3, 0.4) is 0 Å². The molecule has 0 heterocycles. The van der Waals surface area contributed by atoms with Gasteiger partial charge in [-0.2, -0.15) is 26.3 Å². The number of hydrogen-bond donors (Lipinski definition) is 0. The van der Waals surface area contributed by atoms with Gasteiger partial charge in [0.15, 0.2) is 0 Å². The van der Waals surface area contributed by atoms with Crippen LogP contribution in [-0.2, 0) is 19.1 Å². The molecule has 0 saturated carbocycles. The van der Waals surface area contributed by atoms with Gasteiger partial charge in [-0.1, -0.05) is 13.8 Å². The van der Waals surface area contributed by atoms with Crippen molar-refractivity contribution in [3.63, 3.8) is 0 Å². The zero-order chi connectivity index (χ0) is 20.5. The highest BCUT2D eigenvalue weighted by atomic mass is 19.4. The minimum absolute atomic E-state index is 0.0692. The van der Waals surface area contributed by atoms with Crippen molar-refractivity contribution in [3.8, 4) is 0 Å². The lowest BCUT2D eigenvalue weighted by Crippen LogP contribution is -2.48. The summed E-state index contributed by atoms with van der Waals surface area (Å²) in [5, 5.41) is 0. The summed E-state index contributed by atoms with van der Waals surface area (Å²) in [5.41, 5.74) is -10.1. The minimum Gasteiger partial charge on any atom is -0.462 e. The standard InChI is InChI=1S/C13H16F8O4/c1-9(2,5-24-7(22)10(3,14)12(16,17)18)6-25-8(23)11(4,15)13(19,20)21/h5-6H2,1-4H3. The number of esters is 2. The Labute approximate surface area is 137 Å². The molecule has 0 aromatic rings. The van der Waals surface area contributed by atoms with Crippen molar-refractivity contribution in [1.29, 1.82) is 0 Å². The predicted octanol–water partition coefficient (Wildman–Crippen LogP) is 3.68. The smallest absolute Gasteiger partial charge is 0.433 e. The molecular formula is C13H16F8O4. The summed E-state index contributed by atoms with van der Waals surface area (Å²) in [6.07, 6.45) is -11.1. The maximum atomic E-state index is 13.3. The second-order valence-corrected chi connectivity index (χ2v) is 6.32. The molecule has 148 valence electrons. The highest BCUT2D eigenvalue weighted by molar-refractivity contribution is 5.80. The van der Waals surface area contributed by atoms with Gasteiger partial charge in [0.2, 0.25) is 0 Å². The Hall–Kier alpha value is -1.62. The molecule has 0 aromatic carbocycles. The fraction of sp³-hybridized carbons (Fsp3) is 0.846. The van der Waals surface area contributed by atoms with Gasteiger partial charge < -0.3 is 9.47 Å². The molecule has 0 saturated heterocycles. The summed E-state index contributed by atoms with van der Waals surface area (Å²) in [6.45, 7) is 0.258. The molecule has 0 aliphatic heterocycles. The molecule has 0 bridgehead atoms. The van der Waals surface area contributed by atoms with Gasteiger partial charge in [0.1, 0.15) is 0 Å². The molecule has 0 spiro atoms. The number of rotatable bonds is 6. The number of hydrogen-bond acceptors (Lipinski definition) is 4. The van der Waals surface area contributed by atoms with E-state index in [1.165, 1.54) is 0 Å². The summed E-state index contributed by atoms with van der Waals surface area (Å²) in [7, 11) is 0. The number of ether oxygens (including phenoxy) is 2. The second-order valence-electron chi connectivity index (χ2n) is 6.32. The molecule has 0 aliphatic rings. The Balaban J connectivity index is 4.78. The molecule has 0 rings (SSSR count). The van der Waals surface area contributed by atoms with Gasteiger partial charge in [0.25, 0.3) is 11.3 Å². The zero-order valence-electron chi connectivity index (χ0n) is 13.6. The zero-order valence-corrected chi connectivity index (χ0v) is 13.6. The van der Waals surface area contributed by atoms with E-state index < -0.39 is 54.3 Å². The molecular weight excluding hydrogens is 372 g/mol. The van der Waals surface area contributed by atoms with Crippen LogP contribution < -0.4 is 0 Å². The summed E-state index contributed by atoms with van der Waals surface area (Å²) in [4.78, 5) is 22.3. The number of halogens is 8. The van der Waals surface area contributed by atoms with Crippen LogP contribution in [-0.4, -0.2) is 48.8 Å². The lowest BCUT2D eigenvalue weighted by Gasteiger charge is -2.28. The molecule has 0 aliphatic carbocycles. The molecule has 4 nitrogen and oxygen atoms in total. The molecule has 25 heavy (non-hydrogen) atoms. The van der Waals surface area contributed by atoms with Crippen LogP contribution in [0.15, 0.2) is 0 Å². The van der Waals surface area contributed by atoms with Crippen LogP contribution >= 0.6 is 0 Å². The van der Waals surface area contributed by atoms with Gasteiger partial charge in [0.05, 0.1) is 13.2 Å². The Bertz CT molecular complexity index is 461. The van der Waals surface area contributed by atoms with E-state index in [2.05, 4.69) is 9.47 Å². The number of alkyl halides is 8. The van der Waals surface area contributed by atoms with Gasteiger partial charge in [0, 0.05) is 5.41 Å². The van der Waals surface area contributed by atoms with Crippen molar-refractivity contribution < 1.29 is 54.2 Å². The third-order valence-corrected chi connectivity index (χ3v) is 3.02. The van der Waals surface area contributed by atoms with E-state index >= 15 is 0 Å². The van der Waals surface area contributed by atoms with E-state index in [4.69, 9.17) is 0 Å². The van der Waals surface area contributed by atoms with Crippen molar-refractivity contribution in [3.05, 3.63) is 0 Å². The Kier molecular flexibility index (Phi) is 6.49. The van der Waals surface area contributed by atoms with Gasteiger partial charge in [-0.3, -0.25) is 0 Å². The monoisotopic (exact) mass is 388 g/mol. The predicted molar refractivity (Wildman–Crippen MR) is 66.8 cm³/mol. The fourth-order valence-electron chi connectivity index (χ4n) is 1.07. The topological polar surface area (TPSA) is 52.6 Å². The van der Waals surface area contributed by atoms with Crippen LogP contribution in [0, 0.1) is 5.41 Å². The van der Waals surface area contributed by atoms with E-state index in [1.807, 2.05) is 0 Å².